The van der Waals surface area contributed by atoms with Gasteiger partial charge in [-0.15, -0.1) is 0 Å². The highest BCUT2D eigenvalue weighted by Crippen LogP contribution is 2.25. The number of alkyl halides is 3. The Labute approximate surface area is 175 Å². The van der Waals surface area contributed by atoms with Crippen LogP contribution in [0.15, 0.2) is 55.0 Å². The lowest BCUT2D eigenvalue weighted by molar-refractivity contribution is -0.192. The summed E-state index contributed by atoms with van der Waals surface area (Å²) in [6.45, 7) is 0.584. The van der Waals surface area contributed by atoms with Gasteiger partial charge in [0, 0.05) is 41.6 Å². The molecule has 1 aliphatic heterocycles. The molecule has 3 N–H and O–H groups in total. The maximum atomic E-state index is 13.0. The molecule has 10 heteroatoms. The van der Waals surface area contributed by atoms with E-state index >= 15 is 0 Å². The Morgan fingerprint density at radius 3 is 2.48 bits per heavy atom. The van der Waals surface area contributed by atoms with Gasteiger partial charge in [-0.3, -0.25) is 9.78 Å². The third-order valence-electron chi connectivity index (χ3n) is 5.01. The summed E-state index contributed by atoms with van der Waals surface area (Å²) in [5, 5.41) is 18.5. The van der Waals surface area contributed by atoms with E-state index in [1.807, 2.05) is 42.6 Å². The number of aromatic nitrogens is 2. The number of amides is 1. The maximum Gasteiger partial charge on any atom is 0.490 e. The molecule has 0 bridgehead atoms. The topological polar surface area (TPSA) is 107 Å². The number of H-pyrrole nitrogens is 1. The molecule has 0 aliphatic carbocycles. The zero-order valence-electron chi connectivity index (χ0n) is 16.2. The number of carbonyl (C=O) groups excluding carboxylic acids is 1. The second kappa shape index (κ2) is 9.17. The first-order valence-corrected chi connectivity index (χ1v) is 9.42. The molecular formula is C21H20F3N3O4. The van der Waals surface area contributed by atoms with Crippen LogP contribution >= 0.6 is 0 Å². The third-order valence-corrected chi connectivity index (χ3v) is 5.01. The van der Waals surface area contributed by atoms with Gasteiger partial charge in [-0.1, -0.05) is 0 Å². The summed E-state index contributed by atoms with van der Waals surface area (Å²) in [6.07, 6.45) is 1.03. The fourth-order valence-corrected chi connectivity index (χ4v) is 3.45. The van der Waals surface area contributed by atoms with Crippen LogP contribution in [0.5, 0.6) is 0 Å². The fourth-order valence-electron chi connectivity index (χ4n) is 3.45. The number of carboxylic acid groups (broad SMARTS) is 1. The van der Waals surface area contributed by atoms with Crippen LogP contribution in [0.1, 0.15) is 22.3 Å². The second-order valence-electron chi connectivity index (χ2n) is 7.06. The van der Waals surface area contributed by atoms with E-state index in [4.69, 9.17) is 9.90 Å². The molecule has 3 heterocycles. The van der Waals surface area contributed by atoms with E-state index in [-0.39, 0.29) is 11.9 Å². The van der Waals surface area contributed by atoms with E-state index in [0.717, 1.165) is 16.5 Å². The number of carbonyl (C=O) groups is 2. The van der Waals surface area contributed by atoms with Gasteiger partial charge in [0.2, 0.25) is 0 Å². The summed E-state index contributed by atoms with van der Waals surface area (Å²) in [4.78, 5) is 30.8. The first-order valence-electron chi connectivity index (χ1n) is 9.42. The molecule has 1 aliphatic rings. The number of carboxylic acids is 1. The zero-order chi connectivity index (χ0) is 22.6. The number of fused-ring (bicyclic) bond motifs is 1. The van der Waals surface area contributed by atoms with Crippen molar-refractivity contribution in [3.8, 4) is 0 Å². The van der Waals surface area contributed by atoms with Crippen molar-refractivity contribution in [3.63, 3.8) is 0 Å². The molecule has 2 atom stereocenters. The number of rotatable bonds is 3. The van der Waals surface area contributed by atoms with Gasteiger partial charge in [-0.2, -0.15) is 13.2 Å². The number of hydrogen-bond donors (Lipinski definition) is 3. The number of nitrogens with zero attached hydrogens (tertiary/aromatic N) is 2. The normalized spacial score (nSPS) is 18.5. The number of likely N-dealkylation sites (tertiary alicyclic amines) is 1. The first kappa shape index (κ1) is 22.3. The van der Waals surface area contributed by atoms with Gasteiger partial charge in [0.1, 0.15) is 0 Å². The molecule has 0 unspecified atom stereocenters. The van der Waals surface area contributed by atoms with Gasteiger partial charge < -0.3 is 20.1 Å². The smallest absolute Gasteiger partial charge is 0.475 e. The summed E-state index contributed by atoms with van der Waals surface area (Å²) in [7, 11) is 0. The predicted molar refractivity (Wildman–Crippen MR) is 105 cm³/mol. The van der Waals surface area contributed by atoms with Crippen LogP contribution < -0.4 is 0 Å². The summed E-state index contributed by atoms with van der Waals surface area (Å²) >= 11 is 0. The van der Waals surface area contributed by atoms with Crippen molar-refractivity contribution in [2.45, 2.75) is 31.2 Å². The number of aliphatic hydroxyl groups is 1. The Bertz CT molecular complexity index is 1050. The molecule has 1 aromatic carbocycles. The maximum absolute atomic E-state index is 13.0. The lowest BCUT2D eigenvalue weighted by Gasteiger charge is -2.26. The number of nitrogens with one attached hydrogen (secondary N) is 1. The Morgan fingerprint density at radius 1 is 1.16 bits per heavy atom. The molecule has 164 valence electrons. The quantitative estimate of drug-likeness (QED) is 0.587. The van der Waals surface area contributed by atoms with Crippen LogP contribution in [0.2, 0.25) is 0 Å². The number of aliphatic carboxylic acids is 1. The molecule has 7 nitrogen and oxygen atoms in total. The number of pyridine rings is 1. The molecule has 31 heavy (non-hydrogen) atoms. The van der Waals surface area contributed by atoms with E-state index in [1.54, 1.807) is 17.3 Å². The van der Waals surface area contributed by atoms with Crippen molar-refractivity contribution in [3.05, 3.63) is 66.1 Å². The number of halogens is 3. The number of aromatic amines is 1. The van der Waals surface area contributed by atoms with E-state index in [0.29, 0.717) is 24.9 Å². The van der Waals surface area contributed by atoms with E-state index in [9.17, 15) is 23.1 Å². The molecule has 2 aromatic heterocycles. The molecular weight excluding hydrogens is 415 g/mol. The van der Waals surface area contributed by atoms with E-state index < -0.39 is 18.2 Å². The highest BCUT2D eigenvalue weighted by Gasteiger charge is 2.38. The lowest BCUT2D eigenvalue weighted by Crippen LogP contribution is -2.41. The van der Waals surface area contributed by atoms with Crippen LogP contribution in [-0.4, -0.2) is 61.8 Å². The first-order chi connectivity index (χ1) is 14.7. The van der Waals surface area contributed by atoms with Gasteiger partial charge in [0.05, 0.1) is 12.1 Å². The average Bonchev–Trinajstić information content (AvgIpc) is 3.34. The average molecular weight is 435 g/mol. The Balaban J connectivity index is 0.000000339. The highest BCUT2D eigenvalue weighted by atomic mass is 19.4. The SMILES string of the molecule is O=C(O)C(F)(F)F.O=C(c1ccc2[nH]ccc2c1)N1CC[C@@H](O)[C@@H]1Cc1ccncc1. The van der Waals surface area contributed by atoms with Crippen LogP contribution in [0.25, 0.3) is 10.9 Å². The van der Waals surface area contributed by atoms with Crippen molar-refractivity contribution in [2.75, 3.05) is 6.54 Å². The molecule has 0 spiro atoms. The molecule has 3 aromatic rings. The third kappa shape index (κ3) is 5.40. The standard InChI is InChI=1S/C19H19N3O2.C2HF3O2/c23-18-6-10-22(17(18)11-13-3-7-20-8-4-13)19(24)15-1-2-16-14(12-15)5-9-21-16;3-2(4,5)1(6)7/h1-5,7-9,12,17-18,21,23H,6,10-11H2;(H,6,7)/t17-,18+;/m0./s1. The molecule has 1 saturated heterocycles. The summed E-state index contributed by atoms with van der Waals surface area (Å²) in [5.74, 6) is -2.78. The van der Waals surface area contributed by atoms with Gasteiger partial charge in [0.25, 0.3) is 5.91 Å². The van der Waals surface area contributed by atoms with Gasteiger partial charge in [-0.05, 0) is 54.8 Å². The monoisotopic (exact) mass is 435 g/mol. The van der Waals surface area contributed by atoms with Crippen molar-refractivity contribution in [2.24, 2.45) is 0 Å². The lowest BCUT2D eigenvalue weighted by atomic mass is 10.0. The number of benzene rings is 1. The summed E-state index contributed by atoms with van der Waals surface area (Å²) < 4.78 is 31.7. The minimum absolute atomic E-state index is 0.0197. The van der Waals surface area contributed by atoms with Crippen LogP contribution in [0, 0.1) is 0 Å². The molecule has 4 rings (SSSR count). The van der Waals surface area contributed by atoms with Crippen LogP contribution in [0.3, 0.4) is 0 Å². The van der Waals surface area contributed by atoms with Crippen molar-refractivity contribution < 1.29 is 33.0 Å². The van der Waals surface area contributed by atoms with E-state index in [2.05, 4.69) is 9.97 Å². The zero-order valence-corrected chi connectivity index (χ0v) is 16.2. The second-order valence-corrected chi connectivity index (χ2v) is 7.06. The van der Waals surface area contributed by atoms with Crippen LogP contribution in [-0.2, 0) is 11.2 Å². The Kier molecular flexibility index (Phi) is 6.59. The van der Waals surface area contributed by atoms with Crippen LogP contribution in [0.4, 0.5) is 13.2 Å². The fraction of sp³-hybridized carbons (Fsp3) is 0.286. The molecule has 1 amide bonds. The van der Waals surface area contributed by atoms with Crippen molar-refractivity contribution in [1.29, 1.82) is 0 Å². The molecule has 0 radical (unpaired) electrons. The van der Waals surface area contributed by atoms with Gasteiger partial charge in [0.15, 0.2) is 0 Å². The van der Waals surface area contributed by atoms with Gasteiger partial charge in [-0.25, -0.2) is 4.79 Å². The largest absolute Gasteiger partial charge is 0.490 e. The summed E-state index contributed by atoms with van der Waals surface area (Å²) in [5.41, 5.74) is 2.76. The van der Waals surface area contributed by atoms with Crippen molar-refractivity contribution in [1.82, 2.24) is 14.9 Å². The molecule has 1 fully saturated rings. The van der Waals surface area contributed by atoms with Crippen molar-refractivity contribution >= 4 is 22.8 Å². The number of hydrogen-bond acceptors (Lipinski definition) is 4. The minimum atomic E-state index is -5.08. The predicted octanol–water partition coefficient (Wildman–Crippen LogP) is 3.01. The Hall–Kier alpha value is -3.40. The Morgan fingerprint density at radius 2 is 1.84 bits per heavy atom. The van der Waals surface area contributed by atoms with E-state index in [1.165, 1.54) is 0 Å². The minimum Gasteiger partial charge on any atom is -0.475 e. The van der Waals surface area contributed by atoms with Gasteiger partial charge >= 0.3 is 12.1 Å². The highest BCUT2D eigenvalue weighted by molar-refractivity contribution is 5.98. The number of aliphatic hydroxyl groups excluding tert-OH is 1. The summed E-state index contributed by atoms with van der Waals surface area (Å²) in [6, 6.07) is 11.3. The molecule has 0 saturated carbocycles.